The monoisotopic (exact) mass is 427 g/mol. The summed E-state index contributed by atoms with van der Waals surface area (Å²) >= 11 is 0. The van der Waals surface area contributed by atoms with Crippen molar-refractivity contribution in [2.24, 2.45) is 0 Å². The summed E-state index contributed by atoms with van der Waals surface area (Å²) in [6, 6.07) is 7.24. The van der Waals surface area contributed by atoms with Crippen LogP contribution in [-0.4, -0.2) is 18.9 Å². The van der Waals surface area contributed by atoms with E-state index in [1.807, 2.05) is 12.1 Å². The molecule has 0 bridgehead atoms. The largest absolute Gasteiger partial charge is 0.481 e. The molecule has 2 nitrogen and oxygen atoms in total. The van der Waals surface area contributed by atoms with E-state index in [0.29, 0.717) is 11.9 Å². The van der Waals surface area contributed by atoms with E-state index in [-0.39, 0.29) is 105 Å². The second-order valence-corrected chi connectivity index (χ2v) is 2.64. The average Bonchev–Trinajstić information content (AvgIpc) is 2.03. The molecule has 0 heterocycles. The van der Waals surface area contributed by atoms with Crippen LogP contribution in [0.15, 0.2) is 24.3 Å². The molecule has 1 rings (SSSR count). The molecule has 0 aliphatic heterocycles. The van der Waals surface area contributed by atoms with E-state index in [9.17, 15) is 4.79 Å². The number of aryl methyl sites for hydroxylation is 1. The molecule has 1 aromatic rings. The minimum Gasteiger partial charge on any atom is -0.481 e. The van der Waals surface area contributed by atoms with Crippen molar-refractivity contribution in [3.05, 3.63) is 29.8 Å². The van der Waals surface area contributed by atoms with Crippen LogP contribution in [0.1, 0.15) is 12.0 Å². The van der Waals surface area contributed by atoms with Crippen molar-refractivity contribution in [2.45, 2.75) is 12.8 Å². The van der Waals surface area contributed by atoms with Gasteiger partial charge in [0.25, 0.3) is 0 Å². The average molecular weight is 427 g/mol. The fourth-order valence-corrected chi connectivity index (χ4v) is 0.936. The van der Waals surface area contributed by atoms with Crippen molar-refractivity contribution in [1.29, 1.82) is 0 Å². The van der Waals surface area contributed by atoms with Crippen molar-refractivity contribution in [3.63, 3.8) is 0 Å². The number of carbonyl (C=O) groups is 1. The molecule has 0 aliphatic carbocycles. The van der Waals surface area contributed by atoms with E-state index in [1.165, 1.54) is 0 Å². The molecule has 0 atom stereocenters. The number of hydrogen-bond acceptors (Lipinski definition) is 1. The van der Waals surface area contributed by atoms with Gasteiger partial charge in [-0.25, -0.2) is 0 Å². The maximum Gasteiger partial charge on any atom is 0.303 e. The van der Waals surface area contributed by atoms with E-state index in [0.717, 1.165) is 5.56 Å². The van der Waals surface area contributed by atoms with E-state index < -0.39 is 5.97 Å². The predicted molar refractivity (Wildman–Crippen MR) is 47.8 cm³/mol. The Morgan fingerprint density at radius 3 is 2.00 bits per heavy atom. The second kappa shape index (κ2) is 12.5. The molecular weight excluding hydrogens is 418 g/mol. The first kappa shape index (κ1) is 22.3. The van der Waals surface area contributed by atoms with Gasteiger partial charge >= 0.3 is 5.97 Å². The molecule has 0 amide bonds. The van der Waals surface area contributed by atoms with Crippen LogP contribution in [0.2, 0.25) is 0 Å². The van der Waals surface area contributed by atoms with Crippen molar-refractivity contribution >= 4 is 19.3 Å². The molecule has 1 aromatic carbocycles. The van der Waals surface area contributed by atoms with Crippen molar-refractivity contribution < 1.29 is 108 Å². The number of carboxylic acids is 1. The van der Waals surface area contributed by atoms with Gasteiger partial charge in [-0.2, -0.15) is 0 Å². The van der Waals surface area contributed by atoms with Crippen LogP contribution in [0, 0.1) is 0 Å². The zero-order chi connectivity index (χ0) is 8.97. The molecule has 0 aliphatic rings. The van der Waals surface area contributed by atoms with Crippen molar-refractivity contribution in [3.8, 4) is 0 Å². The minimum absolute atomic E-state index is 0. The first-order valence-electron chi connectivity index (χ1n) is 3.74. The third kappa shape index (κ3) is 10.9. The summed E-state index contributed by atoms with van der Waals surface area (Å²) in [5, 5.41) is 8.40. The van der Waals surface area contributed by atoms with Crippen LogP contribution < -0.4 is 5.46 Å². The number of rotatable bonds is 3. The first-order chi connectivity index (χ1) is 5.68. The fourth-order valence-electron chi connectivity index (χ4n) is 0.936. The van der Waals surface area contributed by atoms with Crippen LogP contribution in [0.5, 0.6) is 0 Å². The van der Waals surface area contributed by atoms with E-state index in [1.54, 1.807) is 12.1 Å². The molecule has 0 fully saturated rings. The number of benzene rings is 1. The Kier molecular flexibility index (Phi) is 18.6. The third-order valence-electron chi connectivity index (χ3n) is 1.61. The smallest absolute Gasteiger partial charge is 0.303 e. The Bertz CT molecular complexity index is 277. The standard InChI is InChI=1S/C9H9BO2.3Y/c10-8-4-1-7(2-5-8)3-6-9(11)12;;;/h1-2,4-5H,3,6H2,(H,11,12);;;. The molecule has 5 radical (unpaired) electrons. The summed E-state index contributed by atoms with van der Waals surface area (Å²) in [5.74, 6) is -0.771. The minimum atomic E-state index is -0.771. The Balaban J connectivity index is -0.000000480. The Hall–Kier alpha value is 2.07. The Morgan fingerprint density at radius 1 is 1.13 bits per heavy atom. The maximum absolute atomic E-state index is 10.2. The summed E-state index contributed by atoms with van der Waals surface area (Å²) in [7, 11) is 5.47. The van der Waals surface area contributed by atoms with Gasteiger partial charge in [0.05, 0.1) is 0 Å². The Morgan fingerprint density at radius 2 is 1.60 bits per heavy atom. The van der Waals surface area contributed by atoms with Gasteiger partial charge in [-0.3, -0.25) is 4.79 Å². The normalized spacial score (nSPS) is 7.73. The van der Waals surface area contributed by atoms with Crippen LogP contribution in [-0.2, 0) is 109 Å². The van der Waals surface area contributed by atoms with Gasteiger partial charge in [0.1, 0.15) is 7.85 Å². The SMILES string of the molecule is [B]c1ccc(CCC(=O)O)cc1.[Y].[Y].[Y]. The molecule has 0 aromatic heterocycles. The van der Waals surface area contributed by atoms with E-state index >= 15 is 0 Å². The maximum atomic E-state index is 10.2. The molecule has 15 heavy (non-hydrogen) atoms. The Labute approximate surface area is 167 Å². The second-order valence-electron chi connectivity index (χ2n) is 2.64. The van der Waals surface area contributed by atoms with Crippen LogP contribution in [0.4, 0.5) is 0 Å². The molecule has 6 heteroatoms. The quantitative estimate of drug-likeness (QED) is 0.715. The number of hydrogen-bond donors (Lipinski definition) is 1. The predicted octanol–water partition coefficient (Wildman–Crippen LogP) is 0.490. The summed E-state index contributed by atoms with van der Waals surface area (Å²) in [4.78, 5) is 10.2. The van der Waals surface area contributed by atoms with Crippen LogP contribution in [0.3, 0.4) is 0 Å². The molecule has 0 spiro atoms. The molecule has 1 N–H and O–H groups in total. The van der Waals surface area contributed by atoms with E-state index in [2.05, 4.69) is 0 Å². The van der Waals surface area contributed by atoms with Crippen molar-refractivity contribution in [1.82, 2.24) is 0 Å². The van der Waals surface area contributed by atoms with Gasteiger partial charge < -0.3 is 5.11 Å². The molecule has 0 saturated carbocycles. The van der Waals surface area contributed by atoms with Crippen LogP contribution in [0.25, 0.3) is 0 Å². The van der Waals surface area contributed by atoms with Gasteiger partial charge in [-0.1, -0.05) is 29.7 Å². The topological polar surface area (TPSA) is 37.3 Å². The molecule has 0 saturated heterocycles. The van der Waals surface area contributed by atoms with Gasteiger partial charge in [0, 0.05) is 105 Å². The van der Waals surface area contributed by atoms with Crippen LogP contribution >= 0.6 is 0 Å². The summed E-state index contributed by atoms with van der Waals surface area (Å²) in [5.41, 5.74) is 1.71. The first-order valence-corrected chi connectivity index (χ1v) is 3.74. The summed E-state index contributed by atoms with van der Waals surface area (Å²) < 4.78 is 0. The van der Waals surface area contributed by atoms with Gasteiger partial charge in [0.15, 0.2) is 0 Å². The third-order valence-corrected chi connectivity index (χ3v) is 1.61. The van der Waals surface area contributed by atoms with E-state index in [4.69, 9.17) is 13.0 Å². The van der Waals surface area contributed by atoms with Crippen molar-refractivity contribution in [2.75, 3.05) is 0 Å². The summed E-state index contributed by atoms with van der Waals surface area (Å²) in [6.45, 7) is 0. The fraction of sp³-hybridized carbons (Fsp3) is 0.222. The molecular formula is C9H9BO2Y3. The van der Waals surface area contributed by atoms with Gasteiger partial charge in [0.2, 0.25) is 0 Å². The molecule has 69 valence electrons. The van der Waals surface area contributed by atoms with Gasteiger partial charge in [-0.15, -0.1) is 0 Å². The summed E-state index contributed by atoms with van der Waals surface area (Å²) in [6.07, 6.45) is 0.736. The number of aliphatic carboxylic acids is 1. The van der Waals surface area contributed by atoms with Gasteiger partial charge in [-0.05, 0) is 12.0 Å². The zero-order valence-electron chi connectivity index (χ0n) is 8.39. The molecule has 0 unspecified atom stereocenters. The number of carboxylic acid groups (broad SMARTS) is 1. The zero-order valence-corrected chi connectivity index (χ0v) is 16.9.